The molecule has 0 spiro atoms. The molecule has 0 bridgehead atoms. The number of piperazine rings is 1. The number of furan rings is 1. The molecule has 0 radical (unpaired) electrons. The van der Waals surface area contributed by atoms with Crippen LogP contribution in [-0.2, 0) is 4.74 Å². The van der Waals surface area contributed by atoms with Crippen LogP contribution >= 0.6 is 0 Å². The van der Waals surface area contributed by atoms with E-state index >= 15 is 0 Å². The molecule has 2 aromatic heterocycles. The average Bonchev–Trinajstić information content (AvgIpc) is 3.29. The Hall–Kier alpha value is -4.24. The van der Waals surface area contributed by atoms with Crippen molar-refractivity contribution >= 4 is 22.9 Å². The number of carbonyl (C=O) groups is 1. The number of hydrogen-bond acceptors (Lipinski definition) is 5. The minimum atomic E-state index is -0.477. The topological polar surface area (TPSA) is 58.8 Å². The summed E-state index contributed by atoms with van der Waals surface area (Å²) in [6.07, 6.45) is 3.28. The van der Waals surface area contributed by atoms with E-state index in [1.54, 1.807) is 11.2 Å². The lowest BCUT2D eigenvalue weighted by Gasteiger charge is -2.36. The molecule has 4 aromatic rings. The average molecular weight is 480 g/mol. The number of carbonyl (C=O) groups excluding carboxylic acids is 1. The van der Waals surface area contributed by atoms with Gasteiger partial charge in [0.15, 0.2) is 5.58 Å². The molecular weight excluding hydrogens is 450 g/mol. The van der Waals surface area contributed by atoms with Gasteiger partial charge in [-0.1, -0.05) is 42.2 Å². The standard InChI is InChI=1S/C30H29N3O3/c1-30(2,3)36-29(34)33-17-15-32(16-18-33)26-13-11-23(12-14-26)25-19-27-28(31-20-25)24(21-35-27)10-9-22-7-5-4-6-8-22/h4-8,11-14,19-21H,15-18H2,1-3H3. The number of rotatable bonds is 2. The summed E-state index contributed by atoms with van der Waals surface area (Å²) in [5.74, 6) is 6.32. The summed E-state index contributed by atoms with van der Waals surface area (Å²) in [7, 11) is 0. The first-order valence-corrected chi connectivity index (χ1v) is 12.1. The van der Waals surface area contributed by atoms with E-state index in [-0.39, 0.29) is 6.09 Å². The maximum absolute atomic E-state index is 12.3. The third-order valence-electron chi connectivity index (χ3n) is 6.02. The molecule has 36 heavy (non-hydrogen) atoms. The first-order valence-electron chi connectivity index (χ1n) is 12.1. The molecule has 1 aliphatic heterocycles. The maximum atomic E-state index is 12.3. The highest BCUT2D eigenvalue weighted by atomic mass is 16.6. The van der Waals surface area contributed by atoms with Crippen LogP contribution in [0.4, 0.5) is 10.5 Å². The minimum absolute atomic E-state index is 0.243. The van der Waals surface area contributed by atoms with Gasteiger partial charge in [-0.2, -0.15) is 0 Å². The van der Waals surface area contributed by atoms with Crippen LogP contribution in [0.3, 0.4) is 0 Å². The van der Waals surface area contributed by atoms with E-state index in [0.29, 0.717) is 18.7 Å². The van der Waals surface area contributed by atoms with Crippen LogP contribution in [0.15, 0.2) is 77.5 Å². The molecule has 182 valence electrons. The van der Waals surface area contributed by atoms with Crippen molar-refractivity contribution in [1.82, 2.24) is 9.88 Å². The van der Waals surface area contributed by atoms with Crippen LogP contribution in [0.2, 0.25) is 0 Å². The van der Waals surface area contributed by atoms with Crippen molar-refractivity contribution in [2.75, 3.05) is 31.1 Å². The number of nitrogens with zero attached hydrogens (tertiary/aromatic N) is 3. The van der Waals surface area contributed by atoms with Gasteiger partial charge in [-0.25, -0.2) is 4.79 Å². The van der Waals surface area contributed by atoms with Crippen molar-refractivity contribution in [1.29, 1.82) is 0 Å². The monoisotopic (exact) mass is 479 g/mol. The molecule has 0 unspecified atom stereocenters. The molecule has 0 aliphatic carbocycles. The largest absolute Gasteiger partial charge is 0.461 e. The fourth-order valence-electron chi connectivity index (χ4n) is 4.16. The van der Waals surface area contributed by atoms with E-state index in [9.17, 15) is 4.79 Å². The van der Waals surface area contributed by atoms with Gasteiger partial charge in [0, 0.05) is 49.2 Å². The molecular formula is C30H29N3O3. The Morgan fingerprint density at radius 3 is 2.36 bits per heavy atom. The lowest BCUT2D eigenvalue weighted by molar-refractivity contribution is 0.0240. The molecule has 1 fully saturated rings. The molecule has 0 saturated carbocycles. The van der Waals surface area contributed by atoms with Gasteiger partial charge in [0.25, 0.3) is 0 Å². The Balaban J connectivity index is 1.25. The lowest BCUT2D eigenvalue weighted by Crippen LogP contribution is -2.50. The van der Waals surface area contributed by atoms with Gasteiger partial charge >= 0.3 is 6.09 Å². The minimum Gasteiger partial charge on any atom is -0.461 e. The Labute approximate surface area is 211 Å². The van der Waals surface area contributed by atoms with Crippen molar-refractivity contribution in [3.8, 4) is 23.0 Å². The zero-order valence-corrected chi connectivity index (χ0v) is 20.8. The number of amides is 1. The number of anilines is 1. The molecule has 3 heterocycles. The number of benzene rings is 2. The summed E-state index contributed by atoms with van der Waals surface area (Å²) in [6, 6.07) is 20.3. The third kappa shape index (κ3) is 5.36. The van der Waals surface area contributed by atoms with Gasteiger partial charge in [-0.3, -0.25) is 4.98 Å². The molecule has 6 heteroatoms. The fourth-order valence-corrected chi connectivity index (χ4v) is 4.16. The molecule has 1 saturated heterocycles. The molecule has 1 amide bonds. The van der Waals surface area contributed by atoms with Crippen molar-refractivity contribution < 1.29 is 13.9 Å². The molecule has 6 nitrogen and oxygen atoms in total. The molecule has 1 aliphatic rings. The van der Waals surface area contributed by atoms with Gasteiger partial charge in [-0.05, 0) is 56.7 Å². The van der Waals surface area contributed by atoms with Gasteiger partial charge in [0.2, 0.25) is 0 Å². The molecule has 0 N–H and O–H groups in total. The van der Waals surface area contributed by atoms with Crippen LogP contribution in [0, 0.1) is 11.8 Å². The quantitative estimate of drug-likeness (QED) is 0.333. The summed E-state index contributed by atoms with van der Waals surface area (Å²) < 4.78 is 11.3. The van der Waals surface area contributed by atoms with E-state index in [2.05, 4.69) is 46.0 Å². The predicted octanol–water partition coefficient (Wildman–Crippen LogP) is 5.95. The summed E-state index contributed by atoms with van der Waals surface area (Å²) >= 11 is 0. The van der Waals surface area contributed by atoms with Crippen LogP contribution in [-0.4, -0.2) is 47.8 Å². The summed E-state index contributed by atoms with van der Waals surface area (Å²) in [4.78, 5) is 21.0. The molecule has 0 atom stereocenters. The molecule has 5 rings (SSSR count). The highest BCUT2D eigenvalue weighted by molar-refractivity contribution is 5.84. The Bertz CT molecular complexity index is 1420. The van der Waals surface area contributed by atoms with E-state index < -0.39 is 5.60 Å². The SMILES string of the molecule is CC(C)(C)OC(=O)N1CCN(c2ccc(-c3cnc4c(C#Cc5ccccc5)coc4c3)cc2)CC1. The Morgan fingerprint density at radius 2 is 1.67 bits per heavy atom. The van der Waals surface area contributed by atoms with Crippen LogP contribution < -0.4 is 4.90 Å². The number of aromatic nitrogens is 1. The second kappa shape index (κ2) is 9.79. The number of ether oxygens (including phenoxy) is 1. The van der Waals surface area contributed by atoms with Gasteiger partial charge in [0.05, 0.1) is 5.56 Å². The number of fused-ring (bicyclic) bond motifs is 1. The smallest absolute Gasteiger partial charge is 0.410 e. The van der Waals surface area contributed by atoms with Crippen molar-refractivity contribution in [3.63, 3.8) is 0 Å². The molecule has 2 aromatic carbocycles. The van der Waals surface area contributed by atoms with Crippen molar-refractivity contribution in [3.05, 3.63) is 84.3 Å². The van der Waals surface area contributed by atoms with Crippen LogP contribution in [0.1, 0.15) is 31.9 Å². The highest BCUT2D eigenvalue weighted by Crippen LogP contribution is 2.28. The zero-order chi connectivity index (χ0) is 25.1. The predicted molar refractivity (Wildman–Crippen MR) is 142 cm³/mol. The Kier molecular flexibility index (Phi) is 6.39. The van der Waals surface area contributed by atoms with Crippen molar-refractivity contribution in [2.24, 2.45) is 0 Å². The van der Waals surface area contributed by atoms with Gasteiger partial charge < -0.3 is 19.0 Å². The first kappa shape index (κ1) is 23.5. The van der Waals surface area contributed by atoms with Crippen LogP contribution in [0.5, 0.6) is 0 Å². The van der Waals surface area contributed by atoms with E-state index in [1.807, 2.05) is 63.4 Å². The number of pyridine rings is 1. The normalized spacial score (nSPS) is 13.9. The van der Waals surface area contributed by atoms with E-state index in [1.165, 1.54) is 0 Å². The van der Waals surface area contributed by atoms with E-state index in [0.717, 1.165) is 46.5 Å². The zero-order valence-electron chi connectivity index (χ0n) is 20.8. The second-order valence-electron chi connectivity index (χ2n) is 9.84. The van der Waals surface area contributed by atoms with Gasteiger partial charge in [0.1, 0.15) is 17.4 Å². The summed E-state index contributed by atoms with van der Waals surface area (Å²) in [6.45, 7) is 8.50. The van der Waals surface area contributed by atoms with Crippen molar-refractivity contribution in [2.45, 2.75) is 26.4 Å². The second-order valence-corrected chi connectivity index (χ2v) is 9.84. The highest BCUT2D eigenvalue weighted by Gasteiger charge is 2.26. The van der Waals surface area contributed by atoms with Crippen LogP contribution in [0.25, 0.3) is 22.2 Å². The Morgan fingerprint density at radius 1 is 0.944 bits per heavy atom. The maximum Gasteiger partial charge on any atom is 0.410 e. The number of hydrogen-bond donors (Lipinski definition) is 0. The third-order valence-corrected chi connectivity index (χ3v) is 6.02. The van der Waals surface area contributed by atoms with E-state index in [4.69, 9.17) is 9.15 Å². The summed E-state index contributed by atoms with van der Waals surface area (Å²) in [5, 5.41) is 0. The van der Waals surface area contributed by atoms with Gasteiger partial charge in [-0.15, -0.1) is 0 Å². The fraction of sp³-hybridized carbons (Fsp3) is 0.267. The first-order chi connectivity index (χ1) is 17.4. The summed E-state index contributed by atoms with van der Waals surface area (Å²) in [5.41, 5.74) is 5.92. The lowest BCUT2D eigenvalue weighted by atomic mass is 10.1.